The van der Waals surface area contributed by atoms with Crippen molar-refractivity contribution in [3.05, 3.63) is 226 Å². The van der Waals surface area contributed by atoms with Crippen molar-refractivity contribution < 1.29 is 0 Å². The molecule has 0 N–H and O–H groups in total. The molecule has 0 aliphatic heterocycles. The van der Waals surface area contributed by atoms with Crippen LogP contribution in [0.4, 0.5) is 34.1 Å². The summed E-state index contributed by atoms with van der Waals surface area (Å²) in [6.45, 7) is 28.0. The summed E-state index contributed by atoms with van der Waals surface area (Å²) in [4.78, 5) is 4.95. The fourth-order valence-corrected chi connectivity index (χ4v) is 16.0. The molecule has 0 bridgehead atoms. The molecule has 0 saturated heterocycles. The second kappa shape index (κ2) is 17.0. The first-order chi connectivity index (χ1) is 37.3. The number of benzene rings is 10. The van der Waals surface area contributed by atoms with Crippen LogP contribution in [0.5, 0.6) is 0 Å². The lowest BCUT2D eigenvalue weighted by atomic mass is 9.82. The van der Waals surface area contributed by atoms with E-state index in [-0.39, 0.29) is 21.7 Å². The Labute approximate surface area is 468 Å². The Morgan fingerprint density at radius 2 is 0.692 bits per heavy atom. The van der Waals surface area contributed by atoms with Crippen LogP contribution in [0.15, 0.2) is 182 Å². The molecule has 12 aromatic rings. The van der Waals surface area contributed by atoms with Gasteiger partial charge in [-0.15, -0.1) is 22.7 Å². The van der Waals surface area contributed by atoms with Crippen LogP contribution in [0.1, 0.15) is 114 Å². The molecule has 2 nitrogen and oxygen atoms in total. The van der Waals surface area contributed by atoms with Crippen molar-refractivity contribution in [2.45, 2.75) is 105 Å². The number of hydrogen-bond donors (Lipinski definition) is 0. The van der Waals surface area contributed by atoms with Crippen LogP contribution in [-0.2, 0) is 21.7 Å². The summed E-state index contributed by atoms with van der Waals surface area (Å²) in [6.07, 6.45) is 0. The fourth-order valence-electron chi connectivity index (χ4n) is 13.5. The van der Waals surface area contributed by atoms with Crippen LogP contribution < -0.4 is 9.80 Å². The van der Waals surface area contributed by atoms with E-state index >= 15 is 0 Å². The molecule has 78 heavy (non-hydrogen) atoms. The molecule has 2 aliphatic carbocycles. The smallest absolute Gasteiger partial charge is 0.0476 e. The SMILES string of the molecule is Cc1c2sc3cc(N(c4ccc(C(C)(C)C)cc4)c4ccc5c(c4)C(C)(C)c4ccccc4-5)ccc3c2cc2cc3c(sc4cc(N(c5ccc(C(C)(C)C)cc5)c5ccc6c(c5)C(C)(C)c5ccccc5-6)ccc43)c(C)c12. The molecule has 0 atom stereocenters. The molecule has 2 aliphatic rings. The molecule has 14 rings (SSSR count). The van der Waals surface area contributed by atoms with Gasteiger partial charge in [0, 0.05) is 85.3 Å². The van der Waals surface area contributed by atoms with E-state index in [2.05, 4.69) is 275 Å². The van der Waals surface area contributed by atoms with E-state index in [9.17, 15) is 0 Å². The van der Waals surface area contributed by atoms with Crippen molar-refractivity contribution in [1.82, 2.24) is 0 Å². The third kappa shape index (κ3) is 7.32. The molecular weight excluding hydrogens is 981 g/mol. The van der Waals surface area contributed by atoms with Crippen molar-refractivity contribution in [3.63, 3.8) is 0 Å². The predicted molar refractivity (Wildman–Crippen MR) is 341 cm³/mol. The lowest BCUT2D eigenvalue weighted by molar-refractivity contribution is 0.590. The normalized spacial score (nSPS) is 14.4. The van der Waals surface area contributed by atoms with Gasteiger partial charge in [-0.2, -0.15) is 0 Å². The summed E-state index contributed by atoms with van der Waals surface area (Å²) in [7, 11) is 0. The average Bonchev–Trinajstić information content (AvgIpc) is 4.23. The number of aryl methyl sites for hydroxylation is 2. The van der Waals surface area contributed by atoms with Crippen molar-refractivity contribution >= 4 is 108 Å². The van der Waals surface area contributed by atoms with Crippen molar-refractivity contribution in [1.29, 1.82) is 0 Å². The first kappa shape index (κ1) is 48.8. The van der Waals surface area contributed by atoms with Gasteiger partial charge in [-0.3, -0.25) is 0 Å². The zero-order valence-corrected chi connectivity index (χ0v) is 48.7. The number of nitrogens with zero attached hydrogens (tertiary/aromatic N) is 2. The number of thiophene rings is 2. The largest absolute Gasteiger partial charge is 0.310 e. The van der Waals surface area contributed by atoms with Gasteiger partial charge in [-0.05, 0) is 187 Å². The minimum Gasteiger partial charge on any atom is -0.310 e. The highest BCUT2D eigenvalue weighted by Crippen LogP contribution is 2.54. The summed E-state index contributed by atoms with van der Waals surface area (Å²) < 4.78 is 5.34. The second-order valence-corrected chi connectivity index (χ2v) is 27.6. The van der Waals surface area contributed by atoms with Crippen molar-refractivity contribution in [2.75, 3.05) is 9.80 Å². The molecule has 0 radical (unpaired) electrons. The minimum atomic E-state index is -0.101. The predicted octanol–water partition coefficient (Wildman–Crippen LogP) is 22.3. The molecule has 2 aromatic heterocycles. The van der Waals surface area contributed by atoms with Crippen LogP contribution in [0, 0.1) is 13.8 Å². The Morgan fingerprint density at radius 1 is 0.346 bits per heavy atom. The number of hydrogen-bond acceptors (Lipinski definition) is 4. The van der Waals surface area contributed by atoms with Gasteiger partial charge in [0.1, 0.15) is 0 Å². The molecule has 0 fully saturated rings. The van der Waals surface area contributed by atoms with Gasteiger partial charge < -0.3 is 9.80 Å². The summed E-state index contributed by atoms with van der Waals surface area (Å²) in [5.41, 5.74) is 23.2. The number of rotatable bonds is 6. The first-order valence-corrected chi connectivity index (χ1v) is 29.4. The van der Waals surface area contributed by atoms with E-state index < -0.39 is 0 Å². The number of anilines is 6. The third-order valence-corrected chi connectivity index (χ3v) is 20.5. The highest BCUT2D eigenvalue weighted by Gasteiger charge is 2.37. The van der Waals surface area contributed by atoms with Crippen LogP contribution in [0.3, 0.4) is 0 Å². The van der Waals surface area contributed by atoms with Gasteiger partial charge >= 0.3 is 0 Å². The average molecular weight is 1050 g/mol. The molecule has 0 saturated carbocycles. The maximum absolute atomic E-state index is 2.49. The Morgan fingerprint density at radius 3 is 1.09 bits per heavy atom. The molecule has 0 amide bonds. The van der Waals surface area contributed by atoms with Crippen LogP contribution in [0.2, 0.25) is 0 Å². The molecule has 384 valence electrons. The molecule has 4 heteroatoms. The Balaban J connectivity index is 0.878. The maximum Gasteiger partial charge on any atom is 0.0476 e. The standard InChI is InChI=1S/C74H66N2S2/c1-43-68-44(2)70-61(59-36-32-53(42-67(59)78-70)76(49-27-23-47(24-28-49)72(6,7)8)51-30-34-57-55-18-14-16-20-63(55)74(11,12)65(57)40-51)38-45(68)37-60-58-35-31-52(41-66(58)77-69(43)60)75(48-25-21-46(22-26-48)71(3,4)5)50-29-33-56-54-17-13-15-19-62(54)73(9,10)64(56)39-50/h13-42H,1-12H3. The minimum absolute atomic E-state index is 0.0611. The summed E-state index contributed by atoms with van der Waals surface area (Å²) in [5.74, 6) is 0. The Kier molecular flexibility index (Phi) is 10.6. The molecule has 10 aromatic carbocycles. The maximum atomic E-state index is 2.49. The van der Waals surface area contributed by atoms with E-state index in [0.29, 0.717) is 0 Å². The van der Waals surface area contributed by atoms with Crippen LogP contribution in [-0.4, -0.2) is 0 Å². The van der Waals surface area contributed by atoms with E-state index in [0.717, 1.165) is 11.4 Å². The third-order valence-electron chi connectivity index (χ3n) is 17.9. The summed E-state index contributed by atoms with van der Waals surface area (Å²) >= 11 is 3.88. The second-order valence-electron chi connectivity index (χ2n) is 25.5. The molecule has 2 heterocycles. The van der Waals surface area contributed by atoms with Gasteiger partial charge in [0.2, 0.25) is 0 Å². The van der Waals surface area contributed by atoms with Crippen LogP contribution in [0.25, 0.3) is 73.4 Å². The highest BCUT2D eigenvalue weighted by atomic mass is 32.1. The van der Waals surface area contributed by atoms with Gasteiger partial charge in [0.25, 0.3) is 0 Å². The zero-order valence-electron chi connectivity index (χ0n) is 47.0. The monoisotopic (exact) mass is 1050 g/mol. The van der Waals surface area contributed by atoms with E-state index in [1.54, 1.807) is 0 Å². The zero-order chi connectivity index (χ0) is 53.9. The fraction of sp³-hybridized carbons (Fsp3) is 0.216. The number of fused-ring (bicyclic) bond motifs is 13. The van der Waals surface area contributed by atoms with Gasteiger partial charge in [0.05, 0.1) is 0 Å². The Hall–Kier alpha value is -7.50. The van der Waals surface area contributed by atoms with Gasteiger partial charge in [-0.25, -0.2) is 0 Å². The molecule has 0 spiro atoms. The van der Waals surface area contributed by atoms with E-state index in [4.69, 9.17) is 0 Å². The van der Waals surface area contributed by atoms with Gasteiger partial charge in [-0.1, -0.05) is 166 Å². The highest BCUT2D eigenvalue weighted by molar-refractivity contribution is 7.26. The van der Waals surface area contributed by atoms with E-state index in [1.807, 2.05) is 22.7 Å². The van der Waals surface area contributed by atoms with Gasteiger partial charge in [0.15, 0.2) is 0 Å². The topological polar surface area (TPSA) is 6.48 Å². The first-order valence-electron chi connectivity index (χ1n) is 27.8. The lowest BCUT2D eigenvalue weighted by Crippen LogP contribution is -2.17. The summed E-state index contributed by atoms with van der Waals surface area (Å²) in [6, 6.07) is 70.0. The van der Waals surface area contributed by atoms with Crippen molar-refractivity contribution in [3.8, 4) is 22.3 Å². The summed E-state index contributed by atoms with van der Waals surface area (Å²) in [5, 5.41) is 7.96. The van der Waals surface area contributed by atoms with Crippen LogP contribution >= 0.6 is 22.7 Å². The lowest BCUT2D eigenvalue weighted by Gasteiger charge is -2.29. The quantitative estimate of drug-likeness (QED) is 0.164. The Bertz CT molecular complexity index is 4190. The van der Waals surface area contributed by atoms with Crippen molar-refractivity contribution in [2.24, 2.45) is 0 Å². The molecule has 0 unspecified atom stereocenters. The van der Waals surface area contributed by atoms with E-state index in [1.165, 1.54) is 141 Å². The molecular formula is C74H66N2S2.